The summed E-state index contributed by atoms with van der Waals surface area (Å²) in [7, 11) is 0. The standard InChI is InChI=1S/C15H19N3O2/c19-9-7-12-6-8-18(10-12)11-14-16-17-15(20-14)13-4-2-1-3-5-13/h1-5,12,19H,6-11H2. The molecule has 1 fully saturated rings. The summed E-state index contributed by atoms with van der Waals surface area (Å²) in [4.78, 5) is 2.31. The molecule has 5 nitrogen and oxygen atoms in total. The van der Waals surface area contributed by atoms with Crippen LogP contribution in [0.5, 0.6) is 0 Å². The quantitative estimate of drug-likeness (QED) is 0.902. The third kappa shape index (κ3) is 3.05. The van der Waals surface area contributed by atoms with Gasteiger partial charge in [0.25, 0.3) is 0 Å². The van der Waals surface area contributed by atoms with Crippen LogP contribution in [0.2, 0.25) is 0 Å². The zero-order valence-corrected chi connectivity index (χ0v) is 11.4. The maximum absolute atomic E-state index is 8.97. The molecule has 20 heavy (non-hydrogen) atoms. The second-order valence-electron chi connectivity index (χ2n) is 5.27. The molecule has 0 amide bonds. The van der Waals surface area contributed by atoms with Crippen molar-refractivity contribution in [2.24, 2.45) is 5.92 Å². The van der Waals surface area contributed by atoms with Crippen molar-refractivity contribution in [3.05, 3.63) is 36.2 Å². The van der Waals surface area contributed by atoms with Crippen LogP contribution in [-0.2, 0) is 6.54 Å². The van der Waals surface area contributed by atoms with Gasteiger partial charge >= 0.3 is 0 Å². The predicted octanol–water partition coefficient (Wildman–Crippen LogP) is 1.94. The van der Waals surface area contributed by atoms with Gasteiger partial charge in [0.15, 0.2) is 0 Å². The number of benzene rings is 1. The lowest BCUT2D eigenvalue weighted by Crippen LogP contribution is -2.20. The molecule has 1 atom stereocenters. The predicted molar refractivity (Wildman–Crippen MR) is 74.8 cm³/mol. The van der Waals surface area contributed by atoms with E-state index in [-0.39, 0.29) is 6.61 Å². The van der Waals surface area contributed by atoms with E-state index >= 15 is 0 Å². The lowest BCUT2D eigenvalue weighted by Gasteiger charge is -2.12. The fourth-order valence-corrected chi connectivity index (χ4v) is 2.68. The van der Waals surface area contributed by atoms with Gasteiger partial charge in [0, 0.05) is 18.7 Å². The van der Waals surface area contributed by atoms with Crippen LogP contribution < -0.4 is 0 Å². The number of hydrogen-bond donors (Lipinski definition) is 1. The highest BCUT2D eigenvalue weighted by Crippen LogP contribution is 2.22. The summed E-state index contributed by atoms with van der Waals surface area (Å²) >= 11 is 0. The monoisotopic (exact) mass is 273 g/mol. The molecule has 5 heteroatoms. The summed E-state index contributed by atoms with van der Waals surface area (Å²) < 4.78 is 5.71. The van der Waals surface area contributed by atoms with E-state index in [1.807, 2.05) is 30.3 Å². The summed E-state index contributed by atoms with van der Waals surface area (Å²) in [5.74, 6) is 1.83. The molecule has 0 bridgehead atoms. The Labute approximate surface area is 118 Å². The van der Waals surface area contributed by atoms with Gasteiger partial charge in [0.2, 0.25) is 11.8 Å². The highest BCUT2D eigenvalue weighted by Gasteiger charge is 2.23. The van der Waals surface area contributed by atoms with E-state index < -0.39 is 0 Å². The Hall–Kier alpha value is -1.72. The van der Waals surface area contributed by atoms with Gasteiger partial charge in [-0.3, -0.25) is 4.90 Å². The number of hydrogen-bond acceptors (Lipinski definition) is 5. The largest absolute Gasteiger partial charge is 0.419 e. The number of aliphatic hydroxyl groups excluding tert-OH is 1. The van der Waals surface area contributed by atoms with E-state index in [1.165, 1.54) is 0 Å². The summed E-state index contributed by atoms with van der Waals surface area (Å²) in [6.07, 6.45) is 2.02. The van der Waals surface area contributed by atoms with E-state index in [9.17, 15) is 0 Å². The van der Waals surface area contributed by atoms with Crippen LogP contribution in [0, 0.1) is 5.92 Å². The minimum Gasteiger partial charge on any atom is -0.419 e. The molecule has 3 rings (SSSR count). The molecular weight excluding hydrogens is 254 g/mol. The molecule has 0 aliphatic carbocycles. The first-order chi connectivity index (χ1) is 9.85. The Morgan fingerprint density at radius 1 is 1.25 bits per heavy atom. The Morgan fingerprint density at radius 2 is 2.10 bits per heavy atom. The fraction of sp³-hybridized carbons (Fsp3) is 0.467. The molecule has 2 heterocycles. The van der Waals surface area contributed by atoms with Crippen molar-refractivity contribution in [3.63, 3.8) is 0 Å². The minimum absolute atomic E-state index is 0.275. The van der Waals surface area contributed by atoms with Crippen molar-refractivity contribution in [2.45, 2.75) is 19.4 Å². The first-order valence-corrected chi connectivity index (χ1v) is 7.06. The summed E-state index contributed by atoms with van der Waals surface area (Å²) in [6.45, 7) is 3.01. The van der Waals surface area contributed by atoms with Crippen molar-refractivity contribution in [2.75, 3.05) is 19.7 Å². The maximum Gasteiger partial charge on any atom is 0.247 e. The maximum atomic E-state index is 8.97. The third-order valence-electron chi connectivity index (χ3n) is 3.75. The number of aliphatic hydroxyl groups is 1. The van der Waals surface area contributed by atoms with Gasteiger partial charge in [0.05, 0.1) is 6.54 Å². The highest BCUT2D eigenvalue weighted by atomic mass is 16.4. The van der Waals surface area contributed by atoms with Gasteiger partial charge in [0.1, 0.15) is 0 Å². The number of rotatable bonds is 5. The Kier molecular flexibility index (Phi) is 4.08. The van der Waals surface area contributed by atoms with E-state index in [1.54, 1.807) is 0 Å². The van der Waals surface area contributed by atoms with Crippen LogP contribution in [-0.4, -0.2) is 39.9 Å². The fourth-order valence-electron chi connectivity index (χ4n) is 2.68. The van der Waals surface area contributed by atoms with Crippen LogP contribution in [0.3, 0.4) is 0 Å². The SMILES string of the molecule is OCCC1CCN(Cc2nnc(-c3ccccc3)o2)C1. The second-order valence-corrected chi connectivity index (χ2v) is 5.27. The van der Waals surface area contributed by atoms with Crippen molar-refractivity contribution in [3.8, 4) is 11.5 Å². The van der Waals surface area contributed by atoms with Crippen molar-refractivity contribution >= 4 is 0 Å². The molecular formula is C15H19N3O2. The van der Waals surface area contributed by atoms with Crippen molar-refractivity contribution in [1.29, 1.82) is 0 Å². The van der Waals surface area contributed by atoms with Gasteiger partial charge in [-0.2, -0.15) is 0 Å². The summed E-state index contributed by atoms with van der Waals surface area (Å²) in [5, 5.41) is 17.2. The Balaban J connectivity index is 1.61. The Morgan fingerprint density at radius 3 is 2.90 bits per heavy atom. The van der Waals surface area contributed by atoms with Gasteiger partial charge in [-0.1, -0.05) is 18.2 Å². The molecule has 1 saturated heterocycles. The number of likely N-dealkylation sites (tertiary alicyclic amines) is 1. The van der Waals surface area contributed by atoms with Crippen LogP contribution >= 0.6 is 0 Å². The topological polar surface area (TPSA) is 62.4 Å². The lowest BCUT2D eigenvalue weighted by atomic mass is 10.1. The van der Waals surface area contributed by atoms with Crippen molar-refractivity contribution < 1.29 is 9.52 Å². The van der Waals surface area contributed by atoms with Gasteiger partial charge < -0.3 is 9.52 Å². The van der Waals surface area contributed by atoms with E-state index in [0.717, 1.165) is 31.5 Å². The lowest BCUT2D eigenvalue weighted by molar-refractivity contribution is 0.243. The van der Waals surface area contributed by atoms with Gasteiger partial charge in [-0.15, -0.1) is 10.2 Å². The normalized spacial score (nSPS) is 19.6. The molecule has 1 N–H and O–H groups in total. The number of nitrogens with zero attached hydrogens (tertiary/aromatic N) is 3. The second kappa shape index (κ2) is 6.15. The molecule has 1 aromatic carbocycles. The molecule has 1 unspecified atom stereocenters. The number of aromatic nitrogens is 2. The molecule has 0 saturated carbocycles. The molecule has 0 spiro atoms. The summed E-state index contributed by atoms with van der Waals surface area (Å²) in [6, 6.07) is 9.81. The third-order valence-corrected chi connectivity index (χ3v) is 3.75. The first kappa shape index (κ1) is 13.3. The molecule has 1 aliphatic heterocycles. The Bertz CT molecular complexity index is 541. The average Bonchev–Trinajstić information content (AvgIpc) is 3.11. The van der Waals surface area contributed by atoms with E-state index in [0.29, 0.717) is 24.2 Å². The van der Waals surface area contributed by atoms with Crippen molar-refractivity contribution in [1.82, 2.24) is 15.1 Å². The average molecular weight is 273 g/mol. The van der Waals surface area contributed by atoms with Crippen LogP contribution in [0.4, 0.5) is 0 Å². The molecule has 1 aliphatic rings. The minimum atomic E-state index is 0.275. The van der Waals surface area contributed by atoms with E-state index in [4.69, 9.17) is 9.52 Å². The summed E-state index contributed by atoms with van der Waals surface area (Å²) in [5.41, 5.74) is 0.950. The van der Waals surface area contributed by atoms with Crippen LogP contribution in [0.1, 0.15) is 18.7 Å². The zero-order chi connectivity index (χ0) is 13.8. The zero-order valence-electron chi connectivity index (χ0n) is 11.4. The van der Waals surface area contributed by atoms with Crippen LogP contribution in [0.25, 0.3) is 11.5 Å². The molecule has 1 aromatic heterocycles. The first-order valence-electron chi connectivity index (χ1n) is 7.06. The highest BCUT2D eigenvalue weighted by molar-refractivity contribution is 5.51. The van der Waals surface area contributed by atoms with Gasteiger partial charge in [-0.05, 0) is 37.4 Å². The van der Waals surface area contributed by atoms with E-state index in [2.05, 4.69) is 15.1 Å². The molecule has 0 radical (unpaired) electrons. The molecule has 2 aromatic rings. The molecule has 106 valence electrons. The van der Waals surface area contributed by atoms with Crippen LogP contribution in [0.15, 0.2) is 34.7 Å². The smallest absolute Gasteiger partial charge is 0.247 e. The van der Waals surface area contributed by atoms with Gasteiger partial charge in [-0.25, -0.2) is 0 Å².